The van der Waals surface area contributed by atoms with Crippen LogP contribution in [0.2, 0.25) is 0 Å². The Hall–Kier alpha value is -1.81. The summed E-state index contributed by atoms with van der Waals surface area (Å²) in [5.74, 6) is 0.599. The van der Waals surface area contributed by atoms with Crippen molar-refractivity contribution in [1.29, 1.82) is 0 Å². The number of hydrogen-bond donors (Lipinski definition) is 1. The largest absolute Gasteiger partial charge is 0.436 e. The Kier molecular flexibility index (Phi) is 2.59. The molecular formula is C14H11BrN2O. The van der Waals surface area contributed by atoms with Gasteiger partial charge >= 0.3 is 0 Å². The van der Waals surface area contributed by atoms with Crippen molar-refractivity contribution in [3.63, 3.8) is 0 Å². The van der Waals surface area contributed by atoms with Gasteiger partial charge in [-0.1, -0.05) is 28.1 Å². The number of fused-ring (bicyclic) bond motifs is 1. The zero-order valence-corrected chi connectivity index (χ0v) is 11.4. The van der Waals surface area contributed by atoms with Crippen LogP contribution >= 0.6 is 15.9 Å². The topological polar surface area (TPSA) is 52.0 Å². The van der Waals surface area contributed by atoms with Gasteiger partial charge in [0.15, 0.2) is 5.58 Å². The summed E-state index contributed by atoms with van der Waals surface area (Å²) in [5.41, 5.74) is 10.0. The number of nitrogens with zero attached hydrogens (tertiary/aromatic N) is 1. The molecule has 3 aromatic rings. The summed E-state index contributed by atoms with van der Waals surface area (Å²) in [6, 6.07) is 11.6. The third-order valence-corrected chi connectivity index (χ3v) is 3.37. The van der Waals surface area contributed by atoms with E-state index in [4.69, 9.17) is 10.2 Å². The Morgan fingerprint density at radius 3 is 2.83 bits per heavy atom. The average molecular weight is 303 g/mol. The molecule has 18 heavy (non-hydrogen) atoms. The minimum absolute atomic E-state index is 0.599. The number of oxazole rings is 1. The van der Waals surface area contributed by atoms with Gasteiger partial charge in [0.2, 0.25) is 5.89 Å². The maximum Gasteiger partial charge on any atom is 0.227 e. The fourth-order valence-corrected chi connectivity index (χ4v) is 2.27. The van der Waals surface area contributed by atoms with E-state index in [9.17, 15) is 0 Å². The molecule has 0 aliphatic carbocycles. The van der Waals surface area contributed by atoms with E-state index < -0.39 is 0 Å². The lowest BCUT2D eigenvalue weighted by atomic mass is 10.1. The zero-order chi connectivity index (χ0) is 12.7. The minimum atomic E-state index is 0.599. The number of aromatic nitrogens is 1. The lowest BCUT2D eigenvalue weighted by Crippen LogP contribution is -1.86. The van der Waals surface area contributed by atoms with Gasteiger partial charge in [-0.15, -0.1) is 0 Å². The van der Waals surface area contributed by atoms with Gasteiger partial charge in [-0.3, -0.25) is 0 Å². The van der Waals surface area contributed by atoms with Gasteiger partial charge in [0.05, 0.1) is 5.69 Å². The van der Waals surface area contributed by atoms with E-state index in [1.165, 1.54) is 0 Å². The molecule has 3 nitrogen and oxygen atoms in total. The maximum absolute atomic E-state index is 5.88. The Balaban J connectivity index is 2.26. The van der Waals surface area contributed by atoms with Crippen LogP contribution in [0.4, 0.5) is 5.69 Å². The van der Waals surface area contributed by atoms with E-state index in [2.05, 4.69) is 20.9 Å². The molecular weight excluding hydrogens is 292 g/mol. The predicted octanol–water partition coefficient (Wildman–Crippen LogP) is 4.15. The van der Waals surface area contributed by atoms with Gasteiger partial charge in [0.25, 0.3) is 0 Å². The number of nitrogen functional groups attached to an aromatic ring is 1. The van der Waals surface area contributed by atoms with Crippen molar-refractivity contribution >= 4 is 32.7 Å². The summed E-state index contributed by atoms with van der Waals surface area (Å²) < 4.78 is 6.76. The SMILES string of the molecule is Cc1ccc(Br)cc1-c1nc2c(N)cccc2o1. The van der Waals surface area contributed by atoms with Crippen molar-refractivity contribution in [2.75, 3.05) is 5.73 Å². The second-order valence-corrected chi connectivity index (χ2v) is 5.09. The van der Waals surface area contributed by atoms with Crippen LogP contribution in [0.1, 0.15) is 5.56 Å². The van der Waals surface area contributed by atoms with Gasteiger partial charge in [-0.05, 0) is 36.8 Å². The molecule has 0 aliphatic heterocycles. The van der Waals surface area contributed by atoms with Gasteiger partial charge < -0.3 is 10.2 Å². The first kappa shape index (κ1) is 11.3. The van der Waals surface area contributed by atoms with Crippen molar-refractivity contribution in [2.24, 2.45) is 0 Å². The summed E-state index contributed by atoms with van der Waals surface area (Å²) in [7, 11) is 0. The Labute approximate surface area is 113 Å². The van der Waals surface area contributed by atoms with Crippen LogP contribution < -0.4 is 5.73 Å². The van der Waals surface area contributed by atoms with E-state index >= 15 is 0 Å². The van der Waals surface area contributed by atoms with Crippen LogP contribution in [-0.2, 0) is 0 Å². The highest BCUT2D eigenvalue weighted by atomic mass is 79.9. The number of nitrogens with two attached hydrogens (primary N) is 1. The van der Waals surface area contributed by atoms with Gasteiger partial charge in [0.1, 0.15) is 5.52 Å². The fourth-order valence-electron chi connectivity index (χ4n) is 1.91. The van der Waals surface area contributed by atoms with Crippen LogP contribution in [0.15, 0.2) is 45.3 Å². The molecule has 0 saturated heterocycles. The number of hydrogen-bond acceptors (Lipinski definition) is 3. The molecule has 0 saturated carbocycles. The molecule has 0 amide bonds. The fraction of sp³-hybridized carbons (Fsp3) is 0.0714. The second-order valence-electron chi connectivity index (χ2n) is 4.17. The predicted molar refractivity (Wildman–Crippen MR) is 76.3 cm³/mol. The van der Waals surface area contributed by atoms with Crippen LogP contribution in [0, 0.1) is 6.92 Å². The highest BCUT2D eigenvalue weighted by Gasteiger charge is 2.12. The molecule has 1 heterocycles. The van der Waals surface area contributed by atoms with E-state index in [0.717, 1.165) is 15.6 Å². The molecule has 4 heteroatoms. The van der Waals surface area contributed by atoms with Crippen LogP contribution in [0.5, 0.6) is 0 Å². The third kappa shape index (κ3) is 1.78. The first-order valence-corrected chi connectivity index (χ1v) is 6.36. The van der Waals surface area contributed by atoms with E-state index in [0.29, 0.717) is 22.7 Å². The molecule has 0 spiro atoms. The summed E-state index contributed by atoms with van der Waals surface area (Å²) >= 11 is 3.46. The molecule has 0 aliphatic rings. The average Bonchev–Trinajstić information content (AvgIpc) is 2.77. The molecule has 1 aromatic heterocycles. The zero-order valence-electron chi connectivity index (χ0n) is 9.77. The number of benzene rings is 2. The molecule has 0 bridgehead atoms. The van der Waals surface area contributed by atoms with Crippen LogP contribution in [0.3, 0.4) is 0 Å². The van der Waals surface area contributed by atoms with E-state index in [1.54, 1.807) is 0 Å². The van der Waals surface area contributed by atoms with Gasteiger partial charge in [0, 0.05) is 10.0 Å². The molecule has 0 fully saturated rings. The van der Waals surface area contributed by atoms with Crippen molar-refractivity contribution in [3.05, 3.63) is 46.4 Å². The summed E-state index contributed by atoms with van der Waals surface area (Å²) in [6.07, 6.45) is 0. The molecule has 0 atom stereocenters. The lowest BCUT2D eigenvalue weighted by Gasteiger charge is -2.01. The molecule has 90 valence electrons. The quantitative estimate of drug-likeness (QED) is 0.687. The Morgan fingerprint density at radius 2 is 2.06 bits per heavy atom. The van der Waals surface area contributed by atoms with E-state index in [-0.39, 0.29) is 0 Å². The van der Waals surface area contributed by atoms with E-state index in [1.807, 2.05) is 43.3 Å². The second kappa shape index (κ2) is 4.14. The molecule has 0 unspecified atom stereocenters. The number of anilines is 1. The molecule has 3 rings (SSSR count). The Morgan fingerprint density at radius 1 is 1.22 bits per heavy atom. The molecule has 2 aromatic carbocycles. The number of halogens is 1. The first-order chi connectivity index (χ1) is 8.65. The summed E-state index contributed by atoms with van der Waals surface area (Å²) in [6.45, 7) is 2.03. The van der Waals surface area contributed by atoms with Crippen molar-refractivity contribution < 1.29 is 4.42 Å². The van der Waals surface area contributed by atoms with Crippen molar-refractivity contribution in [1.82, 2.24) is 4.98 Å². The number of para-hydroxylation sites is 1. The molecule has 0 radical (unpaired) electrons. The van der Waals surface area contributed by atoms with Gasteiger partial charge in [-0.25, -0.2) is 4.98 Å². The van der Waals surface area contributed by atoms with Gasteiger partial charge in [-0.2, -0.15) is 0 Å². The van der Waals surface area contributed by atoms with Crippen LogP contribution in [-0.4, -0.2) is 4.98 Å². The normalized spacial score (nSPS) is 11.0. The van der Waals surface area contributed by atoms with Crippen LogP contribution in [0.25, 0.3) is 22.6 Å². The maximum atomic E-state index is 5.88. The summed E-state index contributed by atoms with van der Waals surface area (Å²) in [5, 5.41) is 0. The minimum Gasteiger partial charge on any atom is -0.436 e. The lowest BCUT2D eigenvalue weighted by molar-refractivity contribution is 0.619. The molecule has 2 N–H and O–H groups in total. The highest BCUT2D eigenvalue weighted by molar-refractivity contribution is 9.10. The smallest absolute Gasteiger partial charge is 0.227 e. The number of aryl methyl sites for hydroxylation is 1. The van der Waals surface area contributed by atoms with Crippen molar-refractivity contribution in [3.8, 4) is 11.5 Å². The van der Waals surface area contributed by atoms with Crippen molar-refractivity contribution in [2.45, 2.75) is 6.92 Å². The monoisotopic (exact) mass is 302 g/mol. The Bertz CT molecular complexity index is 734. The third-order valence-electron chi connectivity index (χ3n) is 2.88. The number of rotatable bonds is 1. The standard InChI is InChI=1S/C14H11BrN2O/c1-8-5-6-9(15)7-10(8)14-17-13-11(16)3-2-4-12(13)18-14/h2-7H,16H2,1H3. The highest BCUT2D eigenvalue weighted by Crippen LogP contribution is 2.30. The summed E-state index contributed by atoms with van der Waals surface area (Å²) in [4.78, 5) is 4.47. The first-order valence-electron chi connectivity index (χ1n) is 5.57.